The van der Waals surface area contributed by atoms with Crippen molar-refractivity contribution in [1.82, 2.24) is 25.6 Å². The molecule has 4 rings (SSSR count). The van der Waals surface area contributed by atoms with Crippen molar-refractivity contribution >= 4 is 27.7 Å². The first-order valence-corrected chi connectivity index (χ1v) is 17.4. The number of rotatable bonds is 16. The van der Waals surface area contributed by atoms with Crippen LogP contribution in [0.1, 0.15) is 37.3 Å². The summed E-state index contributed by atoms with van der Waals surface area (Å²) in [5.41, 5.74) is 1.50. The highest BCUT2D eigenvalue weighted by atomic mass is 32.2. The maximum atomic E-state index is 13.9. The van der Waals surface area contributed by atoms with Crippen LogP contribution in [-0.4, -0.2) is 87.6 Å². The Morgan fingerprint density at radius 2 is 1.56 bits per heavy atom. The summed E-state index contributed by atoms with van der Waals surface area (Å²) in [6.45, 7) is 5.77. The Labute approximate surface area is 281 Å². The van der Waals surface area contributed by atoms with E-state index in [1.807, 2.05) is 74.5 Å². The third-order valence-corrected chi connectivity index (χ3v) is 10.3. The number of hydrogen-bond donors (Lipinski definition) is 4. The number of carbonyl (C=O) groups excluding carboxylic acids is 2. The lowest BCUT2D eigenvalue weighted by Crippen LogP contribution is -2.54. The first-order valence-electron chi connectivity index (χ1n) is 16.0. The van der Waals surface area contributed by atoms with E-state index in [4.69, 9.17) is 4.74 Å². The maximum absolute atomic E-state index is 13.9. The van der Waals surface area contributed by atoms with Gasteiger partial charge in [0, 0.05) is 56.8 Å². The number of nitrogens with zero attached hydrogens (tertiary/aromatic N) is 2. The summed E-state index contributed by atoms with van der Waals surface area (Å²) in [5, 5.41) is 23.5. The minimum Gasteiger partial charge on any atom is -0.453 e. The second kappa shape index (κ2) is 17.2. The minimum absolute atomic E-state index is 0.00898. The van der Waals surface area contributed by atoms with E-state index in [9.17, 15) is 28.1 Å². The number of ether oxygens (including phenoxy) is 1. The molecule has 4 N–H and O–H groups in total. The van der Waals surface area contributed by atoms with Gasteiger partial charge in [0.15, 0.2) is 0 Å². The third kappa shape index (κ3) is 9.37. The highest BCUT2D eigenvalue weighted by Gasteiger charge is 2.39. The number of alkyl carbamates (subject to hydrolysis) is 1. The van der Waals surface area contributed by atoms with Crippen LogP contribution in [0, 0.1) is 16.0 Å². The molecule has 0 aromatic heterocycles. The molecule has 1 unspecified atom stereocenters. The van der Waals surface area contributed by atoms with E-state index in [1.165, 1.54) is 35.7 Å². The molecule has 258 valence electrons. The molecule has 14 heteroatoms. The van der Waals surface area contributed by atoms with Crippen LogP contribution in [0.2, 0.25) is 0 Å². The molecular weight excluding hydrogens is 636 g/mol. The molecule has 1 saturated heterocycles. The number of nitrogens with one attached hydrogen (secondary N) is 4. The van der Waals surface area contributed by atoms with Crippen LogP contribution in [0.5, 0.6) is 0 Å². The zero-order valence-corrected chi connectivity index (χ0v) is 28.2. The summed E-state index contributed by atoms with van der Waals surface area (Å²) < 4.78 is 34.1. The van der Waals surface area contributed by atoms with Crippen molar-refractivity contribution in [3.8, 4) is 0 Å². The second-order valence-corrected chi connectivity index (χ2v) is 13.9. The monoisotopic (exact) mass is 680 g/mol. The number of amides is 2. The van der Waals surface area contributed by atoms with Gasteiger partial charge in [-0.05, 0) is 35.6 Å². The molecule has 3 aromatic rings. The molecule has 3 aromatic carbocycles. The summed E-state index contributed by atoms with van der Waals surface area (Å²) in [6, 6.07) is 22.1. The summed E-state index contributed by atoms with van der Waals surface area (Å²) in [6.07, 6.45) is -0.106. The highest BCUT2D eigenvalue weighted by molar-refractivity contribution is 7.89. The molecule has 48 heavy (non-hydrogen) atoms. The number of methoxy groups -OCH3 is 1. The van der Waals surface area contributed by atoms with Gasteiger partial charge >= 0.3 is 6.09 Å². The van der Waals surface area contributed by atoms with Gasteiger partial charge in [0.2, 0.25) is 15.9 Å². The number of nitro groups is 1. The van der Waals surface area contributed by atoms with Crippen molar-refractivity contribution in [2.24, 2.45) is 5.92 Å². The number of benzene rings is 3. The minimum atomic E-state index is -3.98. The van der Waals surface area contributed by atoms with Gasteiger partial charge in [-0.3, -0.25) is 14.9 Å². The van der Waals surface area contributed by atoms with E-state index in [2.05, 4.69) is 21.3 Å². The van der Waals surface area contributed by atoms with Gasteiger partial charge in [-0.15, -0.1) is 0 Å². The van der Waals surface area contributed by atoms with Gasteiger partial charge in [0.25, 0.3) is 5.69 Å². The van der Waals surface area contributed by atoms with Crippen LogP contribution in [0.15, 0.2) is 89.8 Å². The molecule has 0 radical (unpaired) electrons. The van der Waals surface area contributed by atoms with E-state index >= 15 is 0 Å². The summed E-state index contributed by atoms with van der Waals surface area (Å²) in [7, 11) is -2.74. The fraction of sp³-hybridized carbons (Fsp3) is 0.412. The smallest absolute Gasteiger partial charge is 0.407 e. The second-order valence-electron chi connectivity index (χ2n) is 12.0. The molecule has 0 bridgehead atoms. The quantitative estimate of drug-likeness (QED) is 0.101. The average Bonchev–Trinajstić information content (AvgIpc) is 3.54. The van der Waals surface area contributed by atoms with E-state index in [1.54, 1.807) is 0 Å². The summed E-state index contributed by atoms with van der Waals surface area (Å²) in [4.78, 5) is 36.7. The molecule has 1 aliphatic heterocycles. The number of hydrogen-bond acceptors (Lipinski definition) is 9. The molecule has 0 spiro atoms. The van der Waals surface area contributed by atoms with Crippen molar-refractivity contribution < 1.29 is 27.7 Å². The molecule has 1 fully saturated rings. The third-order valence-electron chi connectivity index (χ3n) is 8.36. The van der Waals surface area contributed by atoms with E-state index in [-0.39, 0.29) is 35.6 Å². The number of non-ortho nitro benzene ring substituents is 1. The van der Waals surface area contributed by atoms with Gasteiger partial charge in [0.05, 0.1) is 23.0 Å². The molecular formula is C34H44N6O7S. The van der Waals surface area contributed by atoms with Crippen molar-refractivity contribution in [3.05, 3.63) is 106 Å². The molecule has 0 saturated carbocycles. The molecule has 3 atom stereocenters. The van der Waals surface area contributed by atoms with Gasteiger partial charge in [0.1, 0.15) is 6.04 Å². The van der Waals surface area contributed by atoms with Gasteiger partial charge in [-0.2, -0.15) is 4.31 Å². The molecule has 0 aliphatic carbocycles. The Balaban J connectivity index is 1.47. The zero-order chi connectivity index (χ0) is 34.7. The summed E-state index contributed by atoms with van der Waals surface area (Å²) >= 11 is 0. The fourth-order valence-electron chi connectivity index (χ4n) is 5.84. The predicted octanol–water partition coefficient (Wildman–Crippen LogP) is 3.23. The van der Waals surface area contributed by atoms with Gasteiger partial charge in [-0.1, -0.05) is 74.5 Å². The Morgan fingerprint density at radius 1 is 0.958 bits per heavy atom. The van der Waals surface area contributed by atoms with Crippen LogP contribution < -0.4 is 21.3 Å². The van der Waals surface area contributed by atoms with Gasteiger partial charge < -0.3 is 26.0 Å². The Bertz CT molecular complexity index is 1570. The highest BCUT2D eigenvalue weighted by Crippen LogP contribution is 2.29. The average molecular weight is 681 g/mol. The van der Waals surface area contributed by atoms with Crippen molar-refractivity contribution in [1.29, 1.82) is 0 Å². The van der Waals surface area contributed by atoms with E-state index < -0.39 is 44.9 Å². The lowest BCUT2D eigenvalue weighted by molar-refractivity contribution is -0.384. The van der Waals surface area contributed by atoms with Crippen molar-refractivity contribution in [2.45, 2.75) is 49.2 Å². The Morgan fingerprint density at radius 3 is 2.10 bits per heavy atom. The number of carbonyl (C=O) groups is 2. The standard InChI is InChI=1S/C34H44N6O7S/c1-24(2)18-21-39(48(45,46)28-16-14-27(15-17-28)40(43)44)30-23-35-22-29(30)36-19-20-37-33(41)32(38-34(42)47-3)31(25-10-6-4-7-11-25)26-12-8-5-9-13-26/h4-17,24,29-32,35-36H,18-23H2,1-3H3,(H,37,41)(H,38,42)/t29-,30-,32?/m1/s1. The largest absolute Gasteiger partial charge is 0.453 e. The Kier molecular flexibility index (Phi) is 13.0. The lowest BCUT2D eigenvalue weighted by atomic mass is 9.84. The van der Waals surface area contributed by atoms with Crippen LogP contribution in [0.25, 0.3) is 0 Å². The van der Waals surface area contributed by atoms with Gasteiger partial charge in [-0.25, -0.2) is 13.2 Å². The van der Waals surface area contributed by atoms with E-state index in [0.717, 1.165) is 11.1 Å². The lowest BCUT2D eigenvalue weighted by Gasteiger charge is -2.32. The first kappa shape index (κ1) is 36.5. The molecule has 1 heterocycles. The first-order chi connectivity index (χ1) is 23.0. The van der Waals surface area contributed by atoms with Crippen LogP contribution in [0.4, 0.5) is 10.5 Å². The van der Waals surface area contributed by atoms with Crippen LogP contribution in [-0.2, 0) is 19.6 Å². The van der Waals surface area contributed by atoms with Crippen LogP contribution in [0.3, 0.4) is 0 Å². The van der Waals surface area contributed by atoms with Crippen molar-refractivity contribution in [2.75, 3.05) is 39.8 Å². The summed E-state index contributed by atoms with van der Waals surface area (Å²) in [5.74, 6) is -0.653. The van der Waals surface area contributed by atoms with Crippen molar-refractivity contribution in [3.63, 3.8) is 0 Å². The predicted molar refractivity (Wildman–Crippen MR) is 182 cm³/mol. The van der Waals surface area contributed by atoms with E-state index in [0.29, 0.717) is 26.1 Å². The number of nitro benzene ring substituents is 1. The number of sulfonamides is 1. The van der Waals surface area contributed by atoms with Crippen LogP contribution >= 0.6 is 0 Å². The molecule has 1 aliphatic rings. The SMILES string of the molecule is COC(=O)NC(C(=O)NCCN[C@@H]1CNC[C@H]1N(CCC(C)C)S(=O)(=O)c1ccc([N+](=O)[O-])cc1)C(c1ccccc1)c1ccccc1. The zero-order valence-electron chi connectivity index (χ0n) is 27.4. The topological polar surface area (TPSA) is 172 Å². The maximum Gasteiger partial charge on any atom is 0.407 e. The Hall–Kier alpha value is -4.37. The fourth-order valence-corrected chi connectivity index (χ4v) is 7.51. The molecule has 13 nitrogen and oxygen atoms in total. The molecule has 2 amide bonds. The normalized spacial score (nSPS) is 17.0.